The first-order chi connectivity index (χ1) is 16.0. The Morgan fingerprint density at radius 3 is 2.32 bits per heavy atom. The predicted molar refractivity (Wildman–Crippen MR) is 135 cm³/mol. The molecule has 1 atom stereocenters. The molecule has 1 aromatic rings. The van der Waals surface area contributed by atoms with E-state index in [-0.39, 0.29) is 17.6 Å². The number of unbranched alkanes of at least 4 members (excludes halogenated alkanes) is 2. The average Bonchev–Trinajstić information content (AvgIpc) is 2.78. The summed E-state index contributed by atoms with van der Waals surface area (Å²) in [6, 6.07) is 8.76. The van der Waals surface area contributed by atoms with Gasteiger partial charge in [0, 0.05) is 26.0 Å². The fourth-order valence-electron chi connectivity index (χ4n) is 2.86. The van der Waals surface area contributed by atoms with Gasteiger partial charge in [-0.15, -0.1) is 0 Å². The zero-order valence-corrected chi connectivity index (χ0v) is 22.6. The molecule has 8 nitrogen and oxygen atoms in total. The number of hydrogen-bond acceptors (Lipinski definition) is 6. The number of alkyl carbamates (subject to hydrolysis) is 1. The third kappa shape index (κ3) is 11.6. The molecule has 0 unspecified atom stereocenters. The minimum Gasteiger partial charge on any atom is -0.467 e. The van der Waals surface area contributed by atoms with Crippen LogP contribution in [-0.4, -0.2) is 52.6 Å². The second-order valence-corrected chi connectivity index (χ2v) is 14.6. The van der Waals surface area contributed by atoms with Crippen molar-refractivity contribution in [3.05, 3.63) is 35.9 Å². The first kappa shape index (κ1) is 29.6. The number of rotatable bonds is 14. The molecule has 34 heavy (non-hydrogen) atoms. The van der Waals surface area contributed by atoms with E-state index >= 15 is 0 Å². The van der Waals surface area contributed by atoms with Gasteiger partial charge in [-0.1, -0.05) is 57.5 Å². The second kappa shape index (κ2) is 14.8. The molecule has 0 bridgehead atoms. The second-order valence-electron chi connectivity index (χ2n) is 9.84. The van der Waals surface area contributed by atoms with Crippen LogP contribution in [-0.2, 0) is 30.1 Å². The molecule has 0 heterocycles. The van der Waals surface area contributed by atoms with Crippen LogP contribution >= 0.6 is 0 Å². The van der Waals surface area contributed by atoms with Gasteiger partial charge in [-0.2, -0.15) is 0 Å². The molecule has 0 radical (unpaired) electrons. The summed E-state index contributed by atoms with van der Waals surface area (Å²) >= 11 is 0. The topological polar surface area (TPSA) is 103 Å². The lowest BCUT2D eigenvalue weighted by Crippen LogP contribution is -2.45. The quantitative estimate of drug-likeness (QED) is 0.224. The van der Waals surface area contributed by atoms with Crippen LogP contribution in [0.5, 0.6) is 0 Å². The number of hydrogen-bond donors (Lipinski definition) is 2. The van der Waals surface area contributed by atoms with Crippen LogP contribution in [0.4, 0.5) is 4.79 Å². The summed E-state index contributed by atoms with van der Waals surface area (Å²) in [7, 11) is -0.612. The lowest BCUT2D eigenvalue weighted by molar-refractivity contribution is -0.145. The first-order valence-corrected chi connectivity index (χ1v) is 14.8. The maximum atomic E-state index is 12.3. The highest BCUT2D eigenvalue weighted by Gasteiger charge is 2.37. The van der Waals surface area contributed by atoms with Gasteiger partial charge in [0.2, 0.25) is 5.91 Å². The zero-order chi connectivity index (χ0) is 25.6. The molecule has 0 saturated carbocycles. The minimum atomic E-state index is -1.93. The lowest BCUT2D eigenvalue weighted by atomic mass is 10.1. The molecule has 1 rings (SSSR count). The number of ether oxygens (including phenoxy) is 2. The summed E-state index contributed by atoms with van der Waals surface area (Å²) < 4.78 is 16.1. The molecule has 2 N–H and O–H groups in total. The van der Waals surface area contributed by atoms with Gasteiger partial charge in [-0.25, -0.2) is 9.59 Å². The number of methoxy groups -OCH3 is 1. The fourth-order valence-corrected chi connectivity index (χ4v) is 3.92. The molecule has 2 amide bonds. The number of amides is 2. The third-order valence-electron chi connectivity index (χ3n) is 6.06. The predicted octanol–water partition coefficient (Wildman–Crippen LogP) is 4.54. The standard InChI is InChI=1S/C25H42N2O6Si/c1-25(2,3)34(5,6)33-18-16-21(23(29)31-4)27-22(28)15-11-8-12-17-26-24(30)32-19-20-13-9-7-10-14-20/h7,9-10,13-14,21H,8,11-12,15-19H2,1-6H3,(H,26,30)(H,27,28)/t21-/m1/s1. The Labute approximate surface area is 205 Å². The molecule has 0 fully saturated rings. The molecule has 9 heteroatoms. The molecular weight excluding hydrogens is 452 g/mol. The van der Waals surface area contributed by atoms with Gasteiger partial charge >= 0.3 is 12.1 Å². The van der Waals surface area contributed by atoms with E-state index < -0.39 is 26.4 Å². The minimum absolute atomic E-state index is 0.0739. The van der Waals surface area contributed by atoms with E-state index in [4.69, 9.17) is 13.9 Å². The molecular formula is C25H42N2O6Si. The Morgan fingerprint density at radius 2 is 1.71 bits per heavy atom. The molecule has 1 aromatic carbocycles. The van der Waals surface area contributed by atoms with Gasteiger partial charge in [0.1, 0.15) is 12.6 Å². The van der Waals surface area contributed by atoms with Gasteiger partial charge in [-0.05, 0) is 36.5 Å². The molecule has 0 spiro atoms. The Kier molecular flexibility index (Phi) is 12.9. The van der Waals surface area contributed by atoms with Gasteiger partial charge in [0.25, 0.3) is 0 Å². The van der Waals surface area contributed by atoms with E-state index in [1.165, 1.54) is 7.11 Å². The largest absolute Gasteiger partial charge is 0.467 e. The van der Waals surface area contributed by atoms with E-state index in [0.717, 1.165) is 18.4 Å². The van der Waals surface area contributed by atoms with Crippen molar-refractivity contribution >= 4 is 26.3 Å². The Hall–Kier alpha value is -2.39. The zero-order valence-electron chi connectivity index (χ0n) is 21.6. The number of carbonyl (C=O) groups excluding carboxylic acids is 3. The van der Waals surface area contributed by atoms with Crippen molar-refractivity contribution in [3.8, 4) is 0 Å². The summed E-state index contributed by atoms with van der Waals surface area (Å²) in [6.07, 6.45) is 2.37. The Morgan fingerprint density at radius 1 is 1.03 bits per heavy atom. The normalized spacial score (nSPS) is 12.5. The van der Waals surface area contributed by atoms with Crippen molar-refractivity contribution in [2.24, 2.45) is 0 Å². The van der Waals surface area contributed by atoms with Gasteiger partial charge in [0.05, 0.1) is 7.11 Å². The van der Waals surface area contributed by atoms with Crippen LogP contribution in [0.2, 0.25) is 18.1 Å². The van der Waals surface area contributed by atoms with E-state index in [9.17, 15) is 14.4 Å². The van der Waals surface area contributed by atoms with E-state index in [0.29, 0.717) is 32.4 Å². The van der Waals surface area contributed by atoms with Crippen LogP contribution < -0.4 is 10.6 Å². The lowest BCUT2D eigenvalue weighted by Gasteiger charge is -2.36. The molecule has 0 aromatic heterocycles. The summed E-state index contributed by atoms with van der Waals surface area (Å²) in [5.41, 5.74) is 0.931. The van der Waals surface area contributed by atoms with Crippen LogP contribution in [0.15, 0.2) is 30.3 Å². The highest BCUT2D eigenvalue weighted by Crippen LogP contribution is 2.36. The molecule has 0 aliphatic heterocycles. The summed E-state index contributed by atoms with van der Waals surface area (Å²) in [5, 5.41) is 5.55. The molecule has 0 aliphatic carbocycles. The maximum Gasteiger partial charge on any atom is 0.407 e. The van der Waals surface area contributed by atoms with Crippen LogP contribution in [0, 0.1) is 0 Å². The van der Waals surface area contributed by atoms with Crippen molar-refractivity contribution < 1.29 is 28.3 Å². The summed E-state index contributed by atoms with van der Waals surface area (Å²) in [5.74, 6) is -0.664. The maximum absolute atomic E-state index is 12.3. The van der Waals surface area contributed by atoms with Crippen molar-refractivity contribution in [3.63, 3.8) is 0 Å². The SMILES string of the molecule is COC(=O)[C@@H](CCO[Si](C)(C)C(C)(C)C)NC(=O)CCCCCNC(=O)OCc1ccccc1. The van der Waals surface area contributed by atoms with Gasteiger partial charge in [0.15, 0.2) is 8.32 Å². The van der Waals surface area contributed by atoms with Crippen LogP contribution in [0.1, 0.15) is 58.4 Å². The van der Waals surface area contributed by atoms with Crippen molar-refractivity contribution in [1.29, 1.82) is 0 Å². The van der Waals surface area contributed by atoms with Crippen molar-refractivity contribution in [2.75, 3.05) is 20.3 Å². The first-order valence-electron chi connectivity index (χ1n) is 11.9. The van der Waals surface area contributed by atoms with E-state index in [2.05, 4.69) is 44.5 Å². The number of esters is 1. The highest BCUT2D eigenvalue weighted by atomic mass is 28.4. The average molecular weight is 495 g/mol. The highest BCUT2D eigenvalue weighted by molar-refractivity contribution is 6.74. The number of benzene rings is 1. The Bertz CT molecular complexity index is 764. The van der Waals surface area contributed by atoms with E-state index in [1.807, 2.05) is 30.3 Å². The van der Waals surface area contributed by atoms with Crippen molar-refractivity contribution in [1.82, 2.24) is 10.6 Å². The Balaban J connectivity index is 2.24. The van der Waals surface area contributed by atoms with E-state index in [1.54, 1.807) is 0 Å². The third-order valence-corrected chi connectivity index (χ3v) is 10.6. The van der Waals surface area contributed by atoms with Gasteiger partial charge in [-0.3, -0.25) is 4.79 Å². The number of nitrogens with one attached hydrogen (secondary N) is 2. The monoisotopic (exact) mass is 494 g/mol. The number of carbonyl (C=O) groups is 3. The molecule has 0 aliphatic rings. The summed E-state index contributed by atoms with van der Waals surface area (Å²) in [6.45, 7) is 11.9. The van der Waals surface area contributed by atoms with Crippen LogP contribution in [0.25, 0.3) is 0 Å². The summed E-state index contributed by atoms with van der Waals surface area (Å²) in [4.78, 5) is 36.1. The van der Waals surface area contributed by atoms with Gasteiger partial charge < -0.3 is 24.5 Å². The molecule has 0 saturated heterocycles. The molecule has 192 valence electrons. The van der Waals surface area contributed by atoms with Crippen LogP contribution in [0.3, 0.4) is 0 Å². The fraction of sp³-hybridized carbons (Fsp3) is 0.640. The smallest absolute Gasteiger partial charge is 0.407 e. The van der Waals surface area contributed by atoms with Crippen molar-refractivity contribution in [2.45, 2.75) is 83.7 Å².